The van der Waals surface area contributed by atoms with Gasteiger partial charge in [0.25, 0.3) is 11.8 Å². The predicted molar refractivity (Wildman–Crippen MR) is 114 cm³/mol. The number of nitrogens with zero attached hydrogens (tertiary/aromatic N) is 7. The van der Waals surface area contributed by atoms with Crippen LogP contribution in [-0.4, -0.2) is 73.9 Å². The van der Waals surface area contributed by atoms with Crippen LogP contribution >= 0.6 is 0 Å². The first-order valence-electron chi connectivity index (χ1n) is 10.4. The van der Waals surface area contributed by atoms with Crippen molar-refractivity contribution in [2.45, 2.75) is 13.1 Å². The standard InChI is InChI=1S/C22H23N7O2/c30-20(26-9-11-27(12-10-26)22-23-7-4-8-24-22)18-16-28-13-14-29(21(31)19(28)25-18)15-17-5-2-1-3-6-17/h1-8,16H,9-15H2. The maximum Gasteiger partial charge on any atom is 0.290 e. The molecule has 3 aromatic rings. The van der Waals surface area contributed by atoms with Crippen LogP contribution in [0.3, 0.4) is 0 Å². The van der Waals surface area contributed by atoms with Gasteiger partial charge in [0.15, 0.2) is 5.82 Å². The van der Waals surface area contributed by atoms with Gasteiger partial charge in [-0.15, -0.1) is 0 Å². The average Bonchev–Trinajstić information content (AvgIpc) is 3.27. The summed E-state index contributed by atoms with van der Waals surface area (Å²) >= 11 is 0. The molecule has 2 amide bonds. The van der Waals surface area contributed by atoms with Crippen LogP contribution in [0.2, 0.25) is 0 Å². The molecular formula is C22H23N7O2. The summed E-state index contributed by atoms with van der Waals surface area (Å²) < 4.78 is 1.80. The minimum atomic E-state index is -0.141. The summed E-state index contributed by atoms with van der Waals surface area (Å²) in [5.41, 5.74) is 1.40. The normalized spacial score (nSPS) is 16.4. The molecule has 0 saturated carbocycles. The smallest absolute Gasteiger partial charge is 0.290 e. The first-order valence-corrected chi connectivity index (χ1v) is 10.4. The molecule has 4 heterocycles. The molecule has 0 N–H and O–H groups in total. The lowest BCUT2D eigenvalue weighted by molar-refractivity contribution is 0.0683. The number of amides is 2. The second-order valence-corrected chi connectivity index (χ2v) is 7.68. The van der Waals surface area contributed by atoms with Crippen LogP contribution in [0.4, 0.5) is 5.95 Å². The average molecular weight is 417 g/mol. The third kappa shape index (κ3) is 3.86. The van der Waals surface area contributed by atoms with Crippen molar-refractivity contribution >= 4 is 17.8 Å². The number of carbonyl (C=O) groups excluding carboxylic acids is 2. The molecule has 158 valence electrons. The van der Waals surface area contributed by atoms with Crippen molar-refractivity contribution in [1.29, 1.82) is 0 Å². The molecule has 2 aliphatic rings. The highest BCUT2D eigenvalue weighted by Crippen LogP contribution is 2.18. The summed E-state index contributed by atoms with van der Waals surface area (Å²) in [6.07, 6.45) is 5.14. The Labute approximate surface area is 179 Å². The number of hydrogen-bond donors (Lipinski definition) is 0. The van der Waals surface area contributed by atoms with E-state index in [4.69, 9.17) is 0 Å². The van der Waals surface area contributed by atoms with Gasteiger partial charge in [-0.25, -0.2) is 15.0 Å². The summed E-state index contributed by atoms with van der Waals surface area (Å²) in [6.45, 7) is 4.22. The van der Waals surface area contributed by atoms with E-state index >= 15 is 0 Å². The molecule has 9 nitrogen and oxygen atoms in total. The van der Waals surface area contributed by atoms with Gasteiger partial charge in [-0.3, -0.25) is 9.59 Å². The van der Waals surface area contributed by atoms with E-state index in [1.54, 1.807) is 39.0 Å². The van der Waals surface area contributed by atoms with Crippen molar-refractivity contribution in [2.75, 3.05) is 37.6 Å². The minimum absolute atomic E-state index is 0.139. The van der Waals surface area contributed by atoms with Crippen LogP contribution in [0.25, 0.3) is 0 Å². The van der Waals surface area contributed by atoms with E-state index < -0.39 is 0 Å². The molecule has 0 unspecified atom stereocenters. The highest BCUT2D eigenvalue weighted by molar-refractivity contribution is 5.96. The van der Waals surface area contributed by atoms with Crippen LogP contribution in [0.1, 0.15) is 26.7 Å². The van der Waals surface area contributed by atoms with E-state index in [1.165, 1.54) is 0 Å². The number of piperazine rings is 1. The molecule has 1 fully saturated rings. The number of hydrogen-bond acceptors (Lipinski definition) is 6. The van der Waals surface area contributed by atoms with Crippen LogP contribution in [-0.2, 0) is 13.1 Å². The Morgan fingerprint density at radius 3 is 2.39 bits per heavy atom. The zero-order chi connectivity index (χ0) is 21.2. The Balaban J connectivity index is 1.25. The molecule has 31 heavy (non-hydrogen) atoms. The summed E-state index contributed by atoms with van der Waals surface area (Å²) in [6, 6.07) is 11.7. The van der Waals surface area contributed by atoms with Crippen LogP contribution in [0, 0.1) is 0 Å². The number of aromatic nitrogens is 4. The number of fused-ring (bicyclic) bond motifs is 1. The largest absolute Gasteiger partial charge is 0.337 e. The van der Waals surface area contributed by atoms with E-state index in [0.29, 0.717) is 63.3 Å². The zero-order valence-corrected chi connectivity index (χ0v) is 17.1. The van der Waals surface area contributed by atoms with Gasteiger partial charge in [-0.1, -0.05) is 30.3 Å². The number of carbonyl (C=O) groups is 2. The van der Waals surface area contributed by atoms with E-state index in [1.807, 2.05) is 30.3 Å². The molecule has 0 radical (unpaired) electrons. The fourth-order valence-electron chi connectivity index (χ4n) is 4.01. The van der Waals surface area contributed by atoms with Crippen molar-refractivity contribution in [3.8, 4) is 0 Å². The first-order chi connectivity index (χ1) is 15.2. The number of imidazole rings is 1. The van der Waals surface area contributed by atoms with E-state index in [9.17, 15) is 9.59 Å². The minimum Gasteiger partial charge on any atom is -0.337 e. The van der Waals surface area contributed by atoms with Gasteiger partial charge in [-0.05, 0) is 11.6 Å². The fourth-order valence-corrected chi connectivity index (χ4v) is 4.01. The van der Waals surface area contributed by atoms with Crippen molar-refractivity contribution < 1.29 is 9.59 Å². The molecule has 2 aliphatic heterocycles. The zero-order valence-electron chi connectivity index (χ0n) is 17.1. The molecule has 0 spiro atoms. The van der Waals surface area contributed by atoms with Gasteiger partial charge in [0.2, 0.25) is 5.95 Å². The summed E-state index contributed by atoms with van der Waals surface area (Å²) in [5, 5.41) is 0. The lowest BCUT2D eigenvalue weighted by Crippen LogP contribution is -2.49. The Hall–Kier alpha value is -3.75. The lowest BCUT2D eigenvalue weighted by Gasteiger charge is -2.34. The topological polar surface area (TPSA) is 87.5 Å². The second-order valence-electron chi connectivity index (χ2n) is 7.68. The Kier molecular flexibility index (Phi) is 5.07. The monoisotopic (exact) mass is 417 g/mol. The van der Waals surface area contributed by atoms with Crippen molar-refractivity contribution in [3.63, 3.8) is 0 Å². The lowest BCUT2D eigenvalue weighted by atomic mass is 10.2. The SMILES string of the molecule is O=C(c1cn2c(n1)C(=O)N(Cc1ccccc1)CC2)N1CCN(c2ncccn2)CC1. The third-order valence-corrected chi connectivity index (χ3v) is 5.70. The van der Waals surface area contributed by atoms with Gasteiger partial charge in [0.05, 0.1) is 0 Å². The van der Waals surface area contributed by atoms with E-state index in [2.05, 4.69) is 19.9 Å². The molecule has 9 heteroatoms. The molecule has 1 aromatic carbocycles. The number of anilines is 1. The molecule has 0 bridgehead atoms. The Morgan fingerprint density at radius 1 is 0.903 bits per heavy atom. The van der Waals surface area contributed by atoms with Crippen LogP contribution < -0.4 is 4.90 Å². The number of rotatable bonds is 4. The molecule has 5 rings (SSSR count). The maximum absolute atomic E-state index is 13.0. The van der Waals surface area contributed by atoms with Crippen LogP contribution in [0.15, 0.2) is 55.0 Å². The van der Waals surface area contributed by atoms with Gasteiger partial charge in [0, 0.05) is 64.4 Å². The van der Waals surface area contributed by atoms with Crippen molar-refractivity contribution in [2.24, 2.45) is 0 Å². The van der Waals surface area contributed by atoms with Crippen LogP contribution in [0.5, 0.6) is 0 Å². The molecule has 0 atom stereocenters. The van der Waals surface area contributed by atoms with Gasteiger partial charge < -0.3 is 19.3 Å². The first kappa shape index (κ1) is 19.2. The maximum atomic E-state index is 13.0. The molecule has 0 aliphatic carbocycles. The fraction of sp³-hybridized carbons (Fsp3) is 0.318. The highest BCUT2D eigenvalue weighted by Gasteiger charge is 2.30. The molecule has 2 aromatic heterocycles. The second kappa shape index (κ2) is 8.17. The molecular weight excluding hydrogens is 394 g/mol. The Bertz CT molecular complexity index is 1080. The summed E-state index contributed by atoms with van der Waals surface area (Å²) in [5.74, 6) is 0.733. The van der Waals surface area contributed by atoms with Gasteiger partial charge in [-0.2, -0.15) is 0 Å². The van der Waals surface area contributed by atoms with E-state index in [0.717, 1.165) is 5.56 Å². The van der Waals surface area contributed by atoms with Crippen molar-refractivity contribution in [1.82, 2.24) is 29.3 Å². The molecule has 1 saturated heterocycles. The van der Waals surface area contributed by atoms with E-state index in [-0.39, 0.29) is 11.8 Å². The summed E-state index contributed by atoms with van der Waals surface area (Å²) in [7, 11) is 0. The predicted octanol–water partition coefficient (Wildman–Crippen LogP) is 1.29. The van der Waals surface area contributed by atoms with Gasteiger partial charge in [0.1, 0.15) is 5.69 Å². The third-order valence-electron chi connectivity index (χ3n) is 5.70. The van der Waals surface area contributed by atoms with Gasteiger partial charge >= 0.3 is 0 Å². The summed E-state index contributed by atoms with van der Waals surface area (Å²) in [4.78, 5) is 44.5. The highest BCUT2D eigenvalue weighted by atomic mass is 16.2. The number of benzene rings is 1. The Morgan fingerprint density at radius 2 is 1.65 bits per heavy atom. The quantitative estimate of drug-likeness (QED) is 0.636. The van der Waals surface area contributed by atoms with Crippen molar-refractivity contribution in [3.05, 3.63) is 72.1 Å².